The summed E-state index contributed by atoms with van der Waals surface area (Å²) in [6, 6.07) is 3.02. The molecule has 0 aromatic heterocycles. The molecule has 23 heteroatoms. The fourth-order valence-electron chi connectivity index (χ4n) is 6.53. The van der Waals surface area contributed by atoms with Gasteiger partial charge in [0.2, 0.25) is 12.2 Å². The van der Waals surface area contributed by atoms with Gasteiger partial charge in [0.1, 0.15) is 85.6 Å². The zero-order chi connectivity index (χ0) is 44.3. The molecule has 0 bridgehead atoms. The molecule has 0 aliphatic carbocycles. The minimum absolute atomic E-state index is 0.0471. The zero-order valence-electron chi connectivity index (χ0n) is 32.3. The van der Waals surface area contributed by atoms with Gasteiger partial charge in [0, 0.05) is 18.7 Å². The normalized spacial score (nSPS) is 35.0. The van der Waals surface area contributed by atoms with Crippen molar-refractivity contribution in [3.05, 3.63) is 23.8 Å². The van der Waals surface area contributed by atoms with E-state index in [9.17, 15) is 69.4 Å². The number of aliphatic hydroxyl groups excluding tert-OH is 10. The smallest absolute Gasteiger partial charge is 0.306 e. The lowest BCUT2D eigenvalue weighted by Gasteiger charge is -2.48. The van der Waals surface area contributed by atoms with Crippen LogP contribution < -0.4 is 10.1 Å². The van der Waals surface area contributed by atoms with Crippen LogP contribution in [0.3, 0.4) is 0 Å². The van der Waals surface area contributed by atoms with E-state index in [4.69, 9.17) is 44.3 Å². The number of ether oxygens (including phenoxy) is 8. The molecule has 11 N–H and O–H groups in total. The average molecular weight is 870 g/mol. The standard InChI is InChI=1S/C37H53F2NO20/c1-3-5-16(11-23(44)54-10-9-53-8-4-2)34(52)40-17-6-7-19(18(12-17)33(38)39)55-35-29(50)26(47)31(21(14-42)57-35)60-37-30(51)27(48)32(22(15-43)58-37)59-36-28(49)25(46)24(45)20(13-41)56-36/h1,6-7,12,16,20-22,24-33,35-37,41-43,45-51H,4-5,8-11,13-15H2,2H3,(H,40,52)/t16?,20?,21?,22?,24-,25+,26-,27-,28?,29?,30?,31-,32-,35-,36-,37-/m1/s1. The van der Waals surface area contributed by atoms with Crippen LogP contribution in [0.1, 0.15) is 38.2 Å². The quantitative estimate of drug-likeness (QED) is 0.0342. The SMILES string of the molecule is C#CCC(CC(=O)OCCOCCC)C(=O)Nc1ccc(O[C@@H]2OC(CO)[C@@H](O[C@H]3OC(CO)[C@@H](O[C@H]4OC(CO)[C@@H](O)[C@H](O)C4O)[C@H](O)C3O)[C@H](O)C2O)c(C(F)F)c1. The Hall–Kier alpha value is -3.26. The van der Waals surface area contributed by atoms with Gasteiger partial charge in [-0.15, -0.1) is 12.3 Å². The number of hydrogen-bond acceptors (Lipinski definition) is 20. The summed E-state index contributed by atoms with van der Waals surface area (Å²) in [7, 11) is 0. The fraction of sp³-hybridized carbons (Fsp3) is 0.730. The van der Waals surface area contributed by atoms with Gasteiger partial charge >= 0.3 is 5.97 Å². The third-order valence-corrected chi connectivity index (χ3v) is 9.82. The first kappa shape index (κ1) is 49.4. The van der Waals surface area contributed by atoms with E-state index >= 15 is 0 Å². The van der Waals surface area contributed by atoms with Crippen molar-refractivity contribution in [2.45, 2.75) is 125 Å². The Kier molecular flexibility index (Phi) is 19.1. The highest BCUT2D eigenvalue weighted by Gasteiger charge is 2.54. The highest BCUT2D eigenvalue weighted by molar-refractivity contribution is 5.95. The largest absolute Gasteiger partial charge is 0.463 e. The number of nitrogens with one attached hydrogen (secondary N) is 1. The van der Waals surface area contributed by atoms with Crippen LogP contribution in [-0.4, -0.2) is 195 Å². The van der Waals surface area contributed by atoms with Crippen molar-refractivity contribution >= 4 is 17.6 Å². The number of amides is 1. The van der Waals surface area contributed by atoms with Gasteiger partial charge in [0.15, 0.2) is 12.6 Å². The lowest BCUT2D eigenvalue weighted by Crippen LogP contribution is -2.66. The fourth-order valence-corrected chi connectivity index (χ4v) is 6.53. The Balaban J connectivity index is 1.40. The van der Waals surface area contributed by atoms with E-state index in [2.05, 4.69) is 11.2 Å². The van der Waals surface area contributed by atoms with Crippen LogP contribution >= 0.6 is 0 Å². The highest BCUT2D eigenvalue weighted by Crippen LogP contribution is 2.36. The minimum atomic E-state index is -3.23. The van der Waals surface area contributed by atoms with E-state index in [1.165, 1.54) is 0 Å². The van der Waals surface area contributed by atoms with Gasteiger partial charge in [0.25, 0.3) is 6.43 Å². The number of hydrogen-bond donors (Lipinski definition) is 11. The molecule has 3 aliphatic heterocycles. The van der Waals surface area contributed by atoms with E-state index in [0.29, 0.717) is 6.61 Å². The molecule has 340 valence electrons. The summed E-state index contributed by atoms with van der Waals surface area (Å²) in [4.78, 5) is 25.3. The number of alkyl halides is 2. The van der Waals surface area contributed by atoms with Crippen LogP contribution in [-0.2, 0) is 42.7 Å². The number of esters is 1. The van der Waals surface area contributed by atoms with Crippen LogP contribution in [0.25, 0.3) is 0 Å². The summed E-state index contributed by atoms with van der Waals surface area (Å²) in [6.45, 7) is -0.209. The van der Waals surface area contributed by atoms with Gasteiger partial charge in [-0.25, -0.2) is 8.78 Å². The molecule has 4 rings (SSSR count). The molecule has 0 saturated carbocycles. The molecule has 21 nitrogen and oxygen atoms in total. The summed E-state index contributed by atoms with van der Waals surface area (Å²) in [5.41, 5.74) is -0.951. The summed E-state index contributed by atoms with van der Waals surface area (Å²) in [5.74, 6) is -0.865. The third kappa shape index (κ3) is 12.2. The molecule has 3 saturated heterocycles. The summed E-state index contributed by atoms with van der Waals surface area (Å²) >= 11 is 0. The van der Waals surface area contributed by atoms with Crippen LogP contribution in [0.4, 0.5) is 14.5 Å². The molecule has 1 aromatic rings. The van der Waals surface area contributed by atoms with Gasteiger partial charge in [-0.2, -0.15) is 0 Å². The van der Waals surface area contributed by atoms with Crippen molar-refractivity contribution in [3.8, 4) is 18.1 Å². The van der Waals surface area contributed by atoms with E-state index in [-0.39, 0.29) is 25.3 Å². The first-order valence-electron chi connectivity index (χ1n) is 19.0. The molecule has 3 aliphatic rings. The van der Waals surface area contributed by atoms with Gasteiger partial charge in [-0.1, -0.05) is 6.92 Å². The number of rotatable bonds is 20. The molecule has 0 spiro atoms. The molecule has 1 aromatic carbocycles. The number of aliphatic hydroxyl groups is 10. The van der Waals surface area contributed by atoms with Crippen molar-refractivity contribution in [3.63, 3.8) is 0 Å². The summed E-state index contributed by atoms with van der Waals surface area (Å²) < 4.78 is 72.0. The minimum Gasteiger partial charge on any atom is -0.463 e. The Bertz CT molecular complexity index is 1550. The number of halogens is 2. The van der Waals surface area contributed by atoms with Gasteiger partial charge < -0.3 is 94.3 Å². The molecule has 0 radical (unpaired) electrons. The molecule has 3 fully saturated rings. The van der Waals surface area contributed by atoms with Gasteiger partial charge in [0.05, 0.1) is 44.3 Å². The van der Waals surface area contributed by atoms with Gasteiger partial charge in [-0.3, -0.25) is 9.59 Å². The average Bonchev–Trinajstić information content (AvgIpc) is 3.23. The maximum absolute atomic E-state index is 14.3. The highest BCUT2D eigenvalue weighted by atomic mass is 19.3. The molecular weight excluding hydrogens is 816 g/mol. The van der Waals surface area contributed by atoms with E-state index in [1.807, 2.05) is 6.92 Å². The van der Waals surface area contributed by atoms with E-state index < -0.39 is 154 Å². The van der Waals surface area contributed by atoms with Crippen molar-refractivity contribution in [2.24, 2.45) is 5.92 Å². The van der Waals surface area contributed by atoms with Gasteiger partial charge in [-0.05, 0) is 24.6 Å². The monoisotopic (exact) mass is 869 g/mol. The third-order valence-electron chi connectivity index (χ3n) is 9.82. The van der Waals surface area contributed by atoms with Crippen molar-refractivity contribution < 1.29 is 107 Å². The number of carbonyl (C=O) groups is 2. The Morgan fingerprint density at radius 3 is 1.87 bits per heavy atom. The number of benzene rings is 1. The predicted octanol–water partition coefficient (Wildman–Crippen LogP) is -3.61. The molecule has 3 heterocycles. The maximum Gasteiger partial charge on any atom is 0.306 e. The number of carbonyl (C=O) groups excluding carboxylic acids is 2. The second kappa shape index (κ2) is 23.3. The summed E-state index contributed by atoms with van der Waals surface area (Å²) in [6.07, 6.45) is -25.2. The van der Waals surface area contributed by atoms with Crippen molar-refractivity contribution in [1.82, 2.24) is 0 Å². The number of anilines is 1. The maximum atomic E-state index is 14.3. The van der Waals surface area contributed by atoms with E-state index in [0.717, 1.165) is 24.6 Å². The predicted molar refractivity (Wildman–Crippen MR) is 193 cm³/mol. The first-order valence-corrected chi connectivity index (χ1v) is 19.0. The zero-order valence-corrected chi connectivity index (χ0v) is 32.3. The molecular formula is C37H53F2NO20. The second-order valence-corrected chi connectivity index (χ2v) is 14.1. The first-order chi connectivity index (χ1) is 28.6. The van der Waals surface area contributed by atoms with Crippen molar-refractivity contribution in [2.75, 3.05) is 45.0 Å². The molecule has 60 heavy (non-hydrogen) atoms. The van der Waals surface area contributed by atoms with E-state index in [1.54, 1.807) is 0 Å². The topological polar surface area (TPSA) is 322 Å². The van der Waals surface area contributed by atoms with Crippen molar-refractivity contribution in [1.29, 1.82) is 0 Å². The Labute approximate surface area is 342 Å². The Morgan fingerprint density at radius 2 is 1.32 bits per heavy atom. The Morgan fingerprint density at radius 1 is 0.767 bits per heavy atom. The lowest BCUT2D eigenvalue weighted by molar-refractivity contribution is -0.376. The van der Waals surface area contributed by atoms with Crippen LogP contribution in [0.5, 0.6) is 5.75 Å². The second-order valence-electron chi connectivity index (χ2n) is 14.1. The molecule has 16 atom stereocenters. The molecule has 7 unspecified atom stereocenters. The lowest BCUT2D eigenvalue weighted by atomic mass is 9.96. The summed E-state index contributed by atoms with van der Waals surface area (Å²) in [5, 5.41) is 106. The molecule has 1 amide bonds. The van der Waals surface area contributed by atoms with Crippen LogP contribution in [0.15, 0.2) is 18.2 Å². The van der Waals surface area contributed by atoms with Crippen LogP contribution in [0.2, 0.25) is 0 Å². The van der Waals surface area contributed by atoms with Crippen LogP contribution in [0, 0.1) is 18.3 Å². The number of terminal acetylenes is 1.